The lowest BCUT2D eigenvalue weighted by molar-refractivity contribution is -0.121. The molecule has 2 N–H and O–H groups in total. The molecular weight excluding hydrogens is 374 g/mol. The summed E-state index contributed by atoms with van der Waals surface area (Å²) >= 11 is 1.34. The summed E-state index contributed by atoms with van der Waals surface area (Å²) in [6, 6.07) is 7.63. The Bertz CT molecular complexity index is 841. The van der Waals surface area contributed by atoms with Crippen LogP contribution in [0.25, 0.3) is 0 Å². The first-order valence-corrected chi connectivity index (χ1v) is 10.2. The molecule has 0 saturated carbocycles. The van der Waals surface area contributed by atoms with Crippen LogP contribution in [0.2, 0.25) is 0 Å². The smallest absolute Gasteiger partial charge is 0.233 e. The van der Waals surface area contributed by atoms with Gasteiger partial charge in [0.2, 0.25) is 11.8 Å². The minimum absolute atomic E-state index is 0.0537. The Balaban J connectivity index is 2.06. The van der Waals surface area contributed by atoms with Gasteiger partial charge in [0, 0.05) is 17.8 Å². The molecule has 152 valence electrons. The van der Waals surface area contributed by atoms with Crippen LogP contribution in [0.3, 0.4) is 0 Å². The van der Waals surface area contributed by atoms with Crippen molar-refractivity contribution in [3.8, 4) is 0 Å². The molecule has 2 aromatic rings. The van der Waals surface area contributed by atoms with Crippen LogP contribution in [0.15, 0.2) is 29.4 Å². The average Bonchev–Trinajstić information content (AvgIpc) is 2.96. The van der Waals surface area contributed by atoms with E-state index in [0.29, 0.717) is 17.5 Å². The summed E-state index contributed by atoms with van der Waals surface area (Å²) in [5, 5.41) is 14.6. The minimum Gasteiger partial charge on any atom is -0.351 e. The van der Waals surface area contributed by atoms with Gasteiger partial charge in [-0.2, -0.15) is 0 Å². The highest BCUT2D eigenvalue weighted by Crippen LogP contribution is 2.23. The Morgan fingerprint density at radius 2 is 1.89 bits per heavy atom. The Hall–Kier alpha value is -2.35. The third kappa shape index (κ3) is 6.09. The monoisotopic (exact) mass is 403 g/mol. The second kappa shape index (κ2) is 9.23. The molecule has 7 nitrogen and oxygen atoms in total. The van der Waals surface area contributed by atoms with Crippen LogP contribution in [0.5, 0.6) is 0 Å². The molecule has 0 aliphatic carbocycles. The quantitative estimate of drug-likeness (QED) is 0.693. The maximum atomic E-state index is 12.4. The van der Waals surface area contributed by atoms with Crippen molar-refractivity contribution in [1.82, 2.24) is 20.1 Å². The second-order valence-electron chi connectivity index (χ2n) is 7.68. The topological polar surface area (TPSA) is 88.9 Å². The predicted octanol–water partition coefficient (Wildman–Crippen LogP) is 3.18. The summed E-state index contributed by atoms with van der Waals surface area (Å²) in [6.45, 7) is 12.2. The number of benzene rings is 1. The van der Waals surface area contributed by atoms with Gasteiger partial charge in [-0.05, 0) is 53.2 Å². The molecule has 1 atom stereocenters. The average molecular weight is 404 g/mol. The zero-order valence-electron chi connectivity index (χ0n) is 17.4. The number of thioether (sulfide) groups is 1. The number of aryl methyl sites for hydroxylation is 1. The first-order chi connectivity index (χ1) is 13.1. The number of hydrogen-bond acceptors (Lipinski definition) is 5. The lowest BCUT2D eigenvalue weighted by Gasteiger charge is -2.22. The highest BCUT2D eigenvalue weighted by molar-refractivity contribution is 8.00. The Labute approximate surface area is 170 Å². The number of anilines is 1. The van der Waals surface area contributed by atoms with Gasteiger partial charge in [0.1, 0.15) is 5.82 Å². The molecule has 0 radical (unpaired) electrons. The zero-order valence-corrected chi connectivity index (χ0v) is 18.2. The van der Waals surface area contributed by atoms with Gasteiger partial charge < -0.3 is 15.2 Å². The largest absolute Gasteiger partial charge is 0.351 e. The van der Waals surface area contributed by atoms with E-state index in [1.54, 1.807) is 0 Å². The number of para-hydroxylation sites is 1. The van der Waals surface area contributed by atoms with Gasteiger partial charge in [0.15, 0.2) is 5.16 Å². The summed E-state index contributed by atoms with van der Waals surface area (Å²) in [5.74, 6) is 0.382. The summed E-state index contributed by atoms with van der Waals surface area (Å²) < 4.78 is 1.88. The molecule has 0 spiro atoms. The van der Waals surface area contributed by atoms with Crippen LogP contribution in [0.4, 0.5) is 5.69 Å². The van der Waals surface area contributed by atoms with E-state index in [9.17, 15) is 9.59 Å². The number of rotatable bonds is 7. The van der Waals surface area contributed by atoms with Crippen LogP contribution in [0.1, 0.15) is 46.0 Å². The van der Waals surface area contributed by atoms with Crippen molar-refractivity contribution < 1.29 is 9.59 Å². The van der Waals surface area contributed by atoms with Gasteiger partial charge in [-0.1, -0.05) is 30.0 Å². The summed E-state index contributed by atoms with van der Waals surface area (Å²) in [5.41, 5.74) is 1.50. The zero-order chi connectivity index (χ0) is 20.9. The molecule has 0 saturated heterocycles. The maximum absolute atomic E-state index is 12.4. The molecule has 0 aliphatic rings. The highest BCUT2D eigenvalue weighted by atomic mass is 32.2. The SMILES string of the molecule is CCn1c(CC(=O)Nc2ccccc2C)nnc1S[C@@H](C)C(=O)NC(C)(C)C. The molecule has 2 amide bonds. The number of hydrogen-bond donors (Lipinski definition) is 2. The Morgan fingerprint density at radius 3 is 2.50 bits per heavy atom. The lowest BCUT2D eigenvalue weighted by atomic mass is 10.1. The van der Waals surface area contributed by atoms with Crippen molar-refractivity contribution in [3.63, 3.8) is 0 Å². The number of nitrogens with zero attached hydrogens (tertiary/aromatic N) is 3. The van der Waals surface area contributed by atoms with Gasteiger partial charge in [-0.25, -0.2) is 0 Å². The van der Waals surface area contributed by atoms with Crippen molar-refractivity contribution >= 4 is 29.3 Å². The van der Waals surface area contributed by atoms with Gasteiger partial charge in [0.05, 0.1) is 11.7 Å². The van der Waals surface area contributed by atoms with E-state index >= 15 is 0 Å². The lowest BCUT2D eigenvalue weighted by Crippen LogP contribution is -2.44. The molecule has 1 heterocycles. The second-order valence-corrected chi connectivity index (χ2v) is 8.99. The summed E-state index contributed by atoms with van der Waals surface area (Å²) in [6.07, 6.45) is 0.123. The molecular formula is C20H29N5O2S. The summed E-state index contributed by atoms with van der Waals surface area (Å²) in [7, 11) is 0. The highest BCUT2D eigenvalue weighted by Gasteiger charge is 2.23. The standard InChI is InChI=1S/C20H29N5O2S/c1-7-25-16(12-17(26)21-15-11-9-8-10-13(15)2)23-24-19(25)28-14(3)18(27)22-20(4,5)6/h8-11,14H,7,12H2,1-6H3,(H,21,26)(H,22,27)/t14-/m0/s1. The van der Waals surface area contributed by atoms with E-state index in [2.05, 4.69) is 20.8 Å². The number of carbonyl (C=O) groups is 2. The summed E-state index contributed by atoms with van der Waals surface area (Å²) in [4.78, 5) is 24.8. The first kappa shape index (κ1) is 21.9. The molecule has 0 aliphatic heterocycles. The third-order valence-electron chi connectivity index (χ3n) is 4.00. The number of aromatic nitrogens is 3. The van der Waals surface area contributed by atoms with Gasteiger partial charge in [0.25, 0.3) is 0 Å². The molecule has 0 bridgehead atoms. The molecule has 1 aromatic carbocycles. The van der Waals surface area contributed by atoms with E-state index in [4.69, 9.17) is 0 Å². The van der Waals surface area contributed by atoms with Crippen LogP contribution < -0.4 is 10.6 Å². The maximum Gasteiger partial charge on any atom is 0.233 e. The number of nitrogens with one attached hydrogen (secondary N) is 2. The fourth-order valence-electron chi connectivity index (χ4n) is 2.59. The molecule has 0 fully saturated rings. The van der Waals surface area contributed by atoms with Crippen molar-refractivity contribution in [2.24, 2.45) is 0 Å². The van der Waals surface area contributed by atoms with E-state index in [0.717, 1.165) is 11.3 Å². The molecule has 1 aromatic heterocycles. The van der Waals surface area contributed by atoms with Gasteiger partial charge >= 0.3 is 0 Å². The van der Waals surface area contributed by atoms with Crippen LogP contribution in [0, 0.1) is 6.92 Å². The predicted molar refractivity (Wildman–Crippen MR) is 112 cm³/mol. The third-order valence-corrected chi connectivity index (χ3v) is 5.08. The van der Waals surface area contributed by atoms with E-state index in [-0.39, 0.29) is 29.0 Å². The Morgan fingerprint density at radius 1 is 1.21 bits per heavy atom. The number of amides is 2. The fourth-order valence-corrected chi connectivity index (χ4v) is 3.52. The fraction of sp³-hybridized carbons (Fsp3) is 0.500. The van der Waals surface area contributed by atoms with Crippen LogP contribution >= 0.6 is 11.8 Å². The molecule has 0 unspecified atom stereocenters. The normalized spacial score (nSPS) is 12.5. The van der Waals surface area contributed by atoms with Crippen LogP contribution in [-0.2, 0) is 22.6 Å². The molecule has 8 heteroatoms. The van der Waals surface area contributed by atoms with Crippen molar-refractivity contribution in [2.45, 2.75) is 70.5 Å². The van der Waals surface area contributed by atoms with E-state index in [1.807, 2.05) is 70.4 Å². The van der Waals surface area contributed by atoms with E-state index < -0.39 is 0 Å². The Kier molecular flexibility index (Phi) is 7.23. The van der Waals surface area contributed by atoms with Crippen LogP contribution in [-0.4, -0.2) is 37.4 Å². The van der Waals surface area contributed by atoms with Crippen molar-refractivity contribution in [3.05, 3.63) is 35.7 Å². The minimum atomic E-state index is -0.317. The van der Waals surface area contributed by atoms with Gasteiger partial charge in [-0.3, -0.25) is 9.59 Å². The van der Waals surface area contributed by atoms with Gasteiger partial charge in [-0.15, -0.1) is 10.2 Å². The number of carbonyl (C=O) groups excluding carboxylic acids is 2. The molecule has 2 rings (SSSR count). The molecule has 28 heavy (non-hydrogen) atoms. The first-order valence-electron chi connectivity index (χ1n) is 9.37. The van der Waals surface area contributed by atoms with Crippen molar-refractivity contribution in [2.75, 3.05) is 5.32 Å². The van der Waals surface area contributed by atoms with E-state index in [1.165, 1.54) is 11.8 Å². The van der Waals surface area contributed by atoms with Crippen molar-refractivity contribution in [1.29, 1.82) is 0 Å².